The lowest BCUT2D eigenvalue weighted by Crippen LogP contribution is -2.28. The zero-order valence-corrected chi connectivity index (χ0v) is 11.3. The highest BCUT2D eigenvalue weighted by Crippen LogP contribution is 2.01. The largest absolute Gasteiger partial charge is 0.569 e. The average molecular weight is 297 g/mol. The number of benzene rings is 1. The fourth-order valence-corrected chi connectivity index (χ4v) is 1.22. The highest BCUT2D eigenvalue weighted by Gasteiger charge is 2.10. The molecule has 0 saturated carbocycles. The van der Waals surface area contributed by atoms with Crippen LogP contribution in [0.1, 0.15) is 16.8 Å². The molecule has 0 spiro atoms. The van der Waals surface area contributed by atoms with Gasteiger partial charge in [0.2, 0.25) is 5.28 Å². The SMILES string of the molecule is CN(CCC(=O)O)[N+]([O-])=NOCOC(=O)c1ccccc1. The van der Waals surface area contributed by atoms with E-state index >= 15 is 0 Å². The summed E-state index contributed by atoms with van der Waals surface area (Å²) in [6, 6.07) is 8.25. The summed E-state index contributed by atoms with van der Waals surface area (Å²) < 4.78 is 4.72. The van der Waals surface area contributed by atoms with Crippen molar-refractivity contribution in [3.8, 4) is 0 Å². The lowest BCUT2D eigenvalue weighted by molar-refractivity contribution is -0.706. The maximum atomic E-state index is 11.5. The van der Waals surface area contributed by atoms with E-state index in [2.05, 4.69) is 10.1 Å². The van der Waals surface area contributed by atoms with E-state index in [-0.39, 0.29) is 17.9 Å². The molecule has 0 bridgehead atoms. The maximum absolute atomic E-state index is 11.5. The minimum atomic E-state index is -1.03. The second-order valence-corrected chi connectivity index (χ2v) is 3.90. The van der Waals surface area contributed by atoms with Crippen LogP contribution in [0.25, 0.3) is 0 Å². The van der Waals surface area contributed by atoms with Gasteiger partial charge in [0.1, 0.15) is 0 Å². The Hall–Kier alpha value is -2.84. The first-order valence-electron chi connectivity index (χ1n) is 5.96. The first kappa shape index (κ1) is 16.2. The van der Waals surface area contributed by atoms with E-state index in [4.69, 9.17) is 9.84 Å². The number of hydrogen-bond acceptors (Lipinski definition) is 6. The second kappa shape index (κ2) is 8.35. The number of rotatable bonds is 8. The average Bonchev–Trinajstić information content (AvgIpc) is 2.49. The van der Waals surface area contributed by atoms with Crippen molar-refractivity contribution in [3.05, 3.63) is 41.1 Å². The molecular weight excluding hydrogens is 282 g/mol. The van der Waals surface area contributed by atoms with Gasteiger partial charge in [-0.1, -0.05) is 18.2 Å². The second-order valence-electron chi connectivity index (χ2n) is 3.90. The number of ether oxygens (including phenoxy) is 1. The summed E-state index contributed by atoms with van der Waals surface area (Å²) in [6.07, 6.45) is -0.215. The van der Waals surface area contributed by atoms with Gasteiger partial charge in [0, 0.05) is 0 Å². The monoisotopic (exact) mass is 297 g/mol. The molecule has 0 saturated heterocycles. The third-order valence-electron chi connectivity index (χ3n) is 2.32. The number of hydrogen-bond donors (Lipinski definition) is 1. The first-order chi connectivity index (χ1) is 10.0. The van der Waals surface area contributed by atoms with Gasteiger partial charge in [0.05, 0.1) is 30.5 Å². The standard InChI is InChI=1S/C12H15N3O6/c1-14(8-7-11(16)17)15(19)13-21-9-20-12(18)10-5-3-2-4-6-10/h2-6H,7-9H2,1H3,(H,16,17). The number of carbonyl (C=O) groups excluding carboxylic acids is 1. The molecule has 0 fully saturated rings. The highest BCUT2D eigenvalue weighted by atomic mass is 16.8. The topological polar surface area (TPSA) is 114 Å². The molecule has 21 heavy (non-hydrogen) atoms. The van der Waals surface area contributed by atoms with Gasteiger partial charge in [0.15, 0.2) is 0 Å². The van der Waals surface area contributed by atoms with Gasteiger partial charge in [-0.05, 0) is 12.1 Å². The fraction of sp³-hybridized carbons (Fsp3) is 0.333. The van der Waals surface area contributed by atoms with Gasteiger partial charge >= 0.3 is 11.9 Å². The van der Waals surface area contributed by atoms with Crippen LogP contribution < -0.4 is 0 Å². The zero-order chi connectivity index (χ0) is 15.7. The normalized spacial score (nSPS) is 10.8. The van der Waals surface area contributed by atoms with E-state index in [0.717, 1.165) is 5.01 Å². The molecule has 0 atom stereocenters. The van der Waals surface area contributed by atoms with Gasteiger partial charge in [-0.3, -0.25) is 4.79 Å². The van der Waals surface area contributed by atoms with Crippen molar-refractivity contribution in [1.29, 1.82) is 0 Å². The van der Waals surface area contributed by atoms with Crippen LogP contribution in [0.15, 0.2) is 35.6 Å². The van der Waals surface area contributed by atoms with Gasteiger partial charge in [0.25, 0.3) is 6.79 Å². The number of carbonyl (C=O) groups is 2. The first-order valence-corrected chi connectivity index (χ1v) is 5.96. The van der Waals surface area contributed by atoms with Crippen LogP contribution in [0, 0.1) is 5.21 Å². The summed E-state index contributed by atoms with van der Waals surface area (Å²) in [5.41, 5.74) is 0.346. The molecule has 0 aliphatic rings. The minimum absolute atomic E-state index is 0.0322. The lowest BCUT2D eigenvalue weighted by Gasteiger charge is -2.11. The summed E-state index contributed by atoms with van der Waals surface area (Å²) in [5.74, 6) is -1.64. The van der Waals surface area contributed by atoms with Crippen LogP contribution in [0.2, 0.25) is 0 Å². The molecule has 1 aromatic carbocycles. The fourth-order valence-electron chi connectivity index (χ4n) is 1.22. The van der Waals surface area contributed by atoms with Crippen molar-refractivity contribution in [2.24, 2.45) is 5.28 Å². The summed E-state index contributed by atoms with van der Waals surface area (Å²) in [4.78, 5) is 26.4. The molecule has 0 aromatic heterocycles. The molecule has 1 rings (SSSR count). The van der Waals surface area contributed by atoms with E-state index in [1.807, 2.05) is 0 Å². The quantitative estimate of drug-likeness (QED) is 0.190. The maximum Gasteiger partial charge on any atom is 0.341 e. The third kappa shape index (κ3) is 6.23. The Morgan fingerprint density at radius 3 is 2.67 bits per heavy atom. The van der Waals surface area contributed by atoms with E-state index in [9.17, 15) is 14.8 Å². The molecule has 114 valence electrons. The number of hydrazine groups is 1. The van der Waals surface area contributed by atoms with E-state index < -0.39 is 18.7 Å². The zero-order valence-electron chi connectivity index (χ0n) is 11.3. The third-order valence-corrected chi connectivity index (χ3v) is 2.32. The van der Waals surface area contributed by atoms with Crippen LogP contribution in [0.5, 0.6) is 0 Å². The number of nitrogens with zero attached hydrogens (tertiary/aromatic N) is 3. The molecule has 0 radical (unpaired) electrons. The molecule has 1 N–H and O–H groups in total. The van der Waals surface area contributed by atoms with Crippen LogP contribution >= 0.6 is 0 Å². The van der Waals surface area contributed by atoms with Crippen LogP contribution in [-0.2, 0) is 14.4 Å². The number of aliphatic carboxylic acids is 1. The molecule has 9 nitrogen and oxygen atoms in total. The molecule has 0 unspecified atom stereocenters. The summed E-state index contributed by atoms with van der Waals surface area (Å²) in [6.45, 7) is -0.561. The van der Waals surface area contributed by atoms with Crippen molar-refractivity contribution in [2.75, 3.05) is 20.4 Å². The van der Waals surface area contributed by atoms with Crippen LogP contribution in [0.4, 0.5) is 0 Å². The van der Waals surface area contributed by atoms with E-state index in [0.29, 0.717) is 5.56 Å². The van der Waals surface area contributed by atoms with Gasteiger partial charge in [-0.2, -0.15) is 0 Å². The predicted octanol–water partition coefficient (Wildman–Crippen LogP) is 1.02. The summed E-state index contributed by atoms with van der Waals surface area (Å²) in [7, 11) is 1.35. The molecule has 0 heterocycles. The Bertz CT molecular complexity index is 505. The predicted molar refractivity (Wildman–Crippen MR) is 68.7 cm³/mol. The molecular formula is C12H15N3O6. The molecule has 0 aliphatic carbocycles. The molecule has 1 aromatic rings. The molecule has 9 heteroatoms. The Balaban J connectivity index is 2.30. The van der Waals surface area contributed by atoms with Crippen molar-refractivity contribution in [1.82, 2.24) is 5.01 Å². The number of esters is 1. The molecule has 0 aliphatic heterocycles. The Morgan fingerprint density at radius 2 is 2.05 bits per heavy atom. The molecule has 0 amide bonds. The lowest BCUT2D eigenvalue weighted by atomic mass is 10.2. The van der Waals surface area contributed by atoms with Gasteiger partial charge < -0.3 is 19.9 Å². The smallest absolute Gasteiger partial charge is 0.341 e. The number of carboxylic acids is 1. The number of carboxylic acid groups (broad SMARTS) is 1. The Labute approximate surface area is 120 Å². The highest BCUT2D eigenvalue weighted by molar-refractivity contribution is 5.89. The summed E-state index contributed by atoms with van der Waals surface area (Å²) >= 11 is 0. The van der Waals surface area contributed by atoms with Gasteiger partial charge in [-0.25, -0.2) is 4.79 Å². The Kier molecular flexibility index (Phi) is 6.45. The summed E-state index contributed by atoms with van der Waals surface area (Å²) in [5, 5.41) is 23.8. The van der Waals surface area contributed by atoms with Crippen molar-refractivity contribution >= 4 is 11.9 Å². The van der Waals surface area contributed by atoms with E-state index in [1.165, 1.54) is 7.05 Å². The van der Waals surface area contributed by atoms with Crippen molar-refractivity contribution in [3.63, 3.8) is 0 Å². The van der Waals surface area contributed by atoms with Gasteiger partial charge in [-0.15, -0.1) is 5.01 Å². The van der Waals surface area contributed by atoms with Crippen molar-refractivity contribution < 1.29 is 29.2 Å². The minimum Gasteiger partial charge on any atom is -0.569 e. The Morgan fingerprint density at radius 1 is 1.38 bits per heavy atom. The van der Waals surface area contributed by atoms with Crippen molar-refractivity contribution in [2.45, 2.75) is 6.42 Å². The van der Waals surface area contributed by atoms with Crippen LogP contribution in [0.3, 0.4) is 0 Å². The van der Waals surface area contributed by atoms with Crippen LogP contribution in [-0.4, -0.2) is 47.4 Å². The van der Waals surface area contributed by atoms with E-state index in [1.54, 1.807) is 30.3 Å².